The molecule has 0 saturated carbocycles. The van der Waals surface area contributed by atoms with E-state index in [0.717, 1.165) is 14.0 Å². The first-order valence-electron chi connectivity index (χ1n) is 4.93. The summed E-state index contributed by atoms with van der Waals surface area (Å²) in [6.07, 6.45) is -5.15. The third-order valence-corrected chi connectivity index (χ3v) is 1.92. The van der Waals surface area contributed by atoms with Gasteiger partial charge in [-0.15, -0.1) is 0 Å². The summed E-state index contributed by atoms with van der Waals surface area (Å²) in [6.45, 7) is -0.731. The lowest BCUT2D eigenvalue weighted by molar-refractivity contribution is -0.141. The van der Waals surface area contributed by atoms with Crippen LogP contribution in [0.1, 0.15) is 13.3 Å². The lowest BCUT2D eigenvalue weighted by Crippen LogP contribution is -2.48. The number of nitrogens with zero attached hydrogens (tertiary/aromatic N) is 1. The minimum atomic E-state index is -4.52. The zero-order chi connectivity index (χ0) is 14.6. The molecule has 0 bridgehead atoms. The van der Waals surface area contributed by atoms with Crippen LogP contribution >= 0.6 is 0 Å². The number of carbonyl (C=O) groups is 2. The van der Waals surface area contributed by atoms with E-state index in [4.69, 9.17) is 5.11 Å². The molecule has 106 valence electrons. The molecule has 6 nitrogen and oxygen atoms in total. The van der Waals surface area contributed by atoms with Crippen molar-refractivity contribution in [3.63, 3.8) is 0 Å². The van der Waals surface area contributed by atoms with Gasteiger partial charge in [-0.2, -0.15) is 13.2 Å². The van der Waals surface area contributed by atoms with E-state index in [-0.39, 0.29) is 0 Å². The Bertz CT molecular complexity index is 317. The van der Waals surface area contributed by atoms with Gasteiger partial charge in [0.15, 0.2) is 0 Å². The van der Waals surface area contributed by atoms with Gasteiger partial charge >= 0.3 is 18.2 Å². The maximum absolute atomic E-state index is 12.0. The number of hydrogen-bond donors (Lipinski definition) is 3. The van der Waals surface area contributed by atoms with E-state index in [1.165, 1.54) is 0 Å². The molecule has 0 rings (SSSR count). The van der Waals surface area contributed by atoms with Crippen molar-refractivity contribution in [2.75, 3.05) is 20.1 Å². The number of carbonyl (C=O) groups excluding carboxylic acids is 1. The summed E-state index contributed by atoms with van der Waals surface area (Å²) in [4.78, 5) is 21.9. The Labute approximate surface area is 101 Å². The van der Waals surface area contributed by atoms with E-state index in [2.05, 4.69) is 0 Å². The molecule has 0 heterocycles. The van der Waals surface area contributed by atoms with Crippen molar-refractivity contribution >= 4 is 12.0 Å². The second kappa shape index (κ2) is 5.89. The number of rotatable bonds is 5. The second-order valence-corrected chi connectivity index (χ2v) is 4.20. The largest absolute Gasteiger partial charge is 0.481 e. The monoisotopic (exact) mass is 272 g/mol. The van der Waals surface area contributed by atoms with E-state index >= 15 is 0 Å². The molecular weight excluding hydrogens is 257 g/mol. The molecule has 1 atom stereocenters. The minimum absolute atomic E-state index is 0.386. The third-order valence-electron chi connectivity index (χ3n) is 1.92. The van der Waals surface area contributed by atoms with Crippen molar-refractivity contribution in [1.29, 1.82) is 0 Å². The Morgan fingerprint density at radius 1 is 1.33 bits per heavy atom. The molecule has 1 unspecified atom stereocenters. The number of carboxylic acids is 1. The lowest BCUT2D eigenvalue weighted by Gasteiger charge is -2.24. The molecule has 9 heteroatoms. The number of aliphatic carboxylic acids is 1. The van der Waals surface area contributed by atoms with Crippen LogP contribution in [0.3, 0.4) is 0 Å². The molecule has 0 aromatic heterocycles. The van der Waals surface area contributed by atoms with Crippen LogP contribution in [0.2, 0.25) is 0 Å². The standard InChI is InChI=1S/C9H15F3N2O4/c1-8(18,3-6(15)16)4-13-7(17)14(2)5-9(10,11)12/h18H,3-5H2,1-2H3,(H,13,17)(H,15,16). The Kier molecular flexibility index (Phi) is 5.40. The highest BCUT2D eigenvalue weighted by atomic mass is 19.4. The summed E-state index contributed by atoms with van der Waals surface area (Å²) in [5, 5.41) is 20.0. The van der Waals surface area contributed by atoms with Gasteiger partial charge in [0.05, 0.1) is 12.0 Å². The fourth-order valence-corrected chi connectivity index (χ4v) is 1.13. The molecule has 2 amide bonds. The van der Waals surface area contributed by atoms with Gasteiger partial charge in [-0.05, 0) is 6.92 Å². The van der Waals surface area contributed by atoms with Gasteiger partial charge in [0, 0.05) is 13.6 Å². The molecular formula is C9H15F3N2O4. The maximum Gasteiger partial charge on any atom is 0.406 e. The molecule has 0 aliphatic carbocycles. The smallest absolute Gasteiger partial charge is 0.406 e. The fourth-order valence-electron chi connectivity index (χ4n) is 1.13. The second-order valence-electron chi connectivity index (χ2n) is 4.20. The first-order chi connectivity index (χ1) is 7.93. The molecule has 3 N–H and O–H groups in total. The average Bonchev–Trinajstić information content (AvgIpc) is 2.09. The van der Waals surface area contributed by atoms with Crippen molar-refractivity contribution in [2.45, 2.75) is 25.1 Å². The summed E-state index contributed by atoms with van der Waals surface area (Å²) >= 11 is 0. The Morgan fingerprint density at radius 3 is 2.22 bits per heavy atom. The molecule has 0 aromatic rings. The van der Waals surface area contributed by atoms with Crippen LogP contribution in [0.25, 0.3) is 0 Å². The third kappa shape index (κ3) is 7.71. The Hall–Kier alpha value is -1.51. The minimum Gasteiger partial charge on any atom is -0.481 e. The Balaban J connectivity index is 4.21. The van der Waals surface area contributed by atoms with Crippen molar-refractivity contribution in [2.24, 2.45) is 0 Å². The van der Waals surface area contributed by atoms with E-state index in [0.29, 0.717) is 4.90 Å². The topological polar surface area (TPSA) is 89.9 Å². The number of nitrogens with one attached hydrogen (secondary N) is 1. The highest BCUT2D eigenvalue weighted by Gasteiger charge is 2.32. The van der Waals surface area contributed by atoms with E-state index in [1.807, 2.05) is 5.32 Å². The highest BCUT2D eigenvalue weighted by molar-refractivity contribution is 5.74. The quantitative estimate of drug-likeness (QED) is 0.676. The molecule has 0 fully saturated rings. The molecule has 0 saturated heterocycles. The van der Waals surface area contributed by atoms with Crippen molar-refractivity contribution in [1.82, 2.24) is 10.2 Å². The Morgan fingerprint density at radius 2 is 1.83 bits per heavy atom. The zero-order valence-electron chi connectivity index (χ0n) is 9.91. The number of aliphatic hydroxyl groups is 1. The predicted octanol–water partition coefficient (Wildman–Crippen LogP) is 0.416. The van der Waals surface area contributed by atoms with Crippen LogP contribution in [0, 0.1) is 0 Å². The van der Waals surface area contributed by atoms with E-state index in [9.17, 15) is 27.9 Å². The molecule has 0 aromatic carbocycles. The lowest BCUT2D eigenvalue weighted by atomic mass is 10.0. The number of halogens is 3. The van der Waals surface area contributed by atoms with Gasteiger partial charge in [0.1, 0.15) is 6.54 Å². The average molecular weight is 272 g/mol. The van der Waals surface area contributed by atoms with Gasteiger partial charge in [-0.3, -0.25) is 4.79 Å². The first kappa shape index (κ1) is 16.5. The summed E-state index contributed by atoms with van der Waals surface area (Å²) in [6, 6.07) is -1.04. The van der Waals surface area contributed by atoms with Crippen LogP contribution in [0.4, 0.5) is 18.0 Å². The highest BCUT2D eigenvalue weighted by Crippen LogP contribution is 2.15. The van der Waals surface area contributed by atoms with Gasteiger partial charge in [-0.1, -0.05) is 0 Å². The summed E-state index contributed by atoms with van der Waals surface area (Å²) < 4.78 is 35.9. The number of hydrogen-bond acceptors (Lipinski definition) is 3. The van der Waals surface area contributed by atoms with Crippen LogP contribution < -0.4 is 5.32 Å². The van der Waals surface area contributed by atoms with Crippen LogP contribution in [0.15, 0.2) is 0 Å². The van der Waals surface area contributed by atoms with Crippen molar-refractivity contribution in [3.8, 4) is 0 Å². The SMILES string of the molecule is CN(CC(F)(F)F)C(=O)NCC(C)(O)CC(=O)O. The number of urea groups is 1. The van der Waals surface area contributed by atoms with Gasteiger partial charge in [0.25, 0.3) is 0 Å². The molecule has 18 heavy (non-hydrogen) atoms. The molecule has 0 aliphatic rings. The summed E-state index contributed by atoms with van der Waals surface area (Å²) in [5.41, 5.74) is -1.72. The van der Waals surface area contributed by atoms with Gasteiger partial charge in [0.2, 0.25) is 0 Å². The normalized spacial score (nSPS) is 14.8. The number of amides is 2. The maximum atomic E-state index is 12.0. The van der Waals surface area contributed by atoms with Crippen LogP contribution in [0.5, 0.6) is 0 Å². The molecule has 0 aliphatic heterocycles. The molecule has 0 radical (unpaired) electrons. The predicted molar refractivity (Wildman–Crippen MR) is 55.0 cm³/mol. The zero-order valence-corrected chi connectivity index (χ0v) is 9.91. The summed E-state index contributed by atoms with van der Waals surface area (Å²) in [7, 11) is 0.939. The number of carboxylic acid groups (broad SMARTS) is 1. The van der Waals surface area contributed by atoms with E-state index in [1.54, 1.807) is 0 Å². The number of alkyl halides is 3. The van der Waals surface area contributed by atoms with Gasteiger partial charge in [-0.25, -0.2) is 4.79 Å². The molecule has 0 spiro atoms. The van der Waals surface area contributed by atoms with E-state index < -0.39 is 43.3 Å². The van der Waals surface area contributed by atoms with Gasteiger partial charge < -0.3 is 20.4 Å². The van der Waals surface area contributed by atoms with Crippen molar-refractivity contribution < 1.29 is 33.0 Å². The summed E-state index contributed by atoms with van der Waals surface area (Å²) in [5.74, 6) is -1.28. The fraction of sp³-hybridized carbons (Fsp3) is 0.778. The first-order valence-corrected chi connectivity index (χ1v) is 4.93. The van der Waals surface area contributed by atoms with Crippen LogP contribution in [-0.2, 0) is 4.79 Å². The van der Waals surface area contributed by atoms with Crippen LogP contribution in [-0.4, -0.2) is 59.0 Å². The van der Waals surface area contributed by atoms with Crippen molar-refractivity contribution in [3.05, 3.63) is 0 Å².